The fourth-order valence-electron chi connectivity index (χ4n) is 0.860. The summed E-state index contributed by atoms with van der Waals surface area (Å²) in [4.78, 5) is 0. The van der Waals surface area contributed by atoms with Gasteiger partial charge in [-0.15, -0.1) is 0 Å². The first-order valence-electron chi connectivity index (χ1n) is 5.16. The van der Waals surface area contributed by atoms with E-state index in [1.807, 2.05) is 0 Å². The predicted octanol–water partition coefficient (Wildman–Crippen LogP) is 1.10. The molecule has 5 heteroatoms. The van der Waals surface area contributed by atoms with Crippen LogP contribution >= 0.6 is 0 Å². The highest BCUT2D eigenvalue weighted by molar-refractivity contribution is 6.51. The van der Waals surface area contributed by atoms with Gasteiger partial charge in [-0.2, -0.15) is 0 Å². The third-order valence-electron chi connectivity index (χ3n) is 1.53. The molecule has 3 nitrogen and oxygen atoms in total. The van der Waals surface area contributed by atoms with E-state index in [4.69, 9.17) is 13.0 Å². The SMILES string of the molecule is CCCO[SiH2]O[SiH](CC)OCCC. The monoisotopic (exact) mass is 222 g/mol. The lowest BCUT2D eigenvalue weighted by Gasteiger charge is -2.14. The second kappa shape index (κ2) is 10.4. The van der Waals surface area contributed by atoms with Crippen LogP contribution in [0.3, 0.4) is 0 Å². The lowest BCUT2D eigenvalue weighted by molar-refractivity contribution is 0.234. The highest BCUT2D eigenvalue weighted by atomic mass is 28.4. The molecule has 13 heavy (non-hydrogen) atoms. The Kier molecular flexibility index (Phi) is 10.6. The van der Waals surface area contributed by atoms with Crippen LogP contribution in [-0.2, 0) is 13.0 Å². The topological polar surface area (TPSA) is 27.7 Å². The number of hydrogen-bond acceptors (Lipinski definition) is 3. The summed E-state index contributed by atoms with van der Waals surface area (Å²) in [5.74, 6) is 0. The van der Waals surface area contributed by atoms with E-state index >= 15 is 0 Å². The zero-order valence-electron chi connectivity index (χ0n) is 9.04. The average Bonchev–Trinajstić information content (AvgIpc) is 2.17. The molecule has 0 saturated heterocycles. The molecule has 0 aliphatic heterocycles. The molecule has 0 aliphatic carbocycles. The Morgan fingerprint density at radius 3 is 2.31 bits per heavy atom. The van der Waals surface area contributed by atoms with Gasteiger partial charge in [-0.3, -0.25) is 0 Å². The summed E-state index contributed by atoms with van der Waals surface area (Å²) < 4.78 is 16.6. The maximum absolute atomic E-state index is 5.63. The first-order chi connectivity index (χ1) is 6.35. The molecular weight excluding hydrogens is 200 g/mol. The Hall–Kier alpha value is 0.314. The van der Waals surface area contributed by atoms with Gasteiger partial charge in [0.15, 0.2) is 0 Å². The fourth-order valence-corrected chi connectivity index (χ4v) is 4.32. The molecule has 0 aromatic heterocycles. The van der Waals surface area contributed by atoms with Crippen LogP contribution in [0, 0.1) is 0 Å². The van der Waals surface area contributed by atoms with Crippen molar-refractivity contribution in [3.8, 4) is 0 Å². The third-order valence-corrected chi connectivity index (χ3v) is 5.29. The summed E-state index contributed by atoms with van der Waals surface area (Å²) in [6.45, 7) is 8.03. The summed E-state index contributed by atoms with van der Waals surface area (Å²) in [5.41, 5.74) is 0. The normalized spacial score (nSPS) is 14.1. The second-order valence-corrected chi connectivity index (χ2v) is 6.89. The Balaban J connectivity index is 3.25. The van der Waals surface area contributed by atoms with E-state index in [1.54, 1.807) is 0 Å². The molecule has 0 heterocycles. The molecular formula is C8H22O3Si2. The van der Waals surface area contributed by atoms with E-state index in [1.165, 1.54) is 0 Å². The van der Waals surface area contributed by atoms with Crippen molar-refractivity contribution in [1.29, 1.82) is 0 Å². The van der Waals surface area contributed by atoms with Crippen LogP contribution in [0.4, 0.5) is 0 Å². The van der Waals surface area contributed by atoms with Crippen molar-refractivity contribution in [2.45, 2.75) is 39.7 Å². The molecule has 0 rings (SSSR count). The van der Waals surface area contributed by atoms with E-state index in [-0.39, 0.29) is 0 Å². The molecule has 0 radical (unpaired) electrons. The van der Waals surface area contributed by atoms with Crippen LogP contribution in [-0.4, -0.2) is 32.5 Å². The van der Waals surface area contributed by atoms with Crippen LogP contribution in [0.5, 0.6) is 0 Å². The van der Waals surface area contributed by atoms with Crippen molar-refractivity contribution in [2.24, 2.45) is 0 Å². The van der Waals surface area contributed by atoms with Gasteiger partial charge in [0, 0.05) is 13.2 Å². The maximum atomic E-state index is 5.63. The first-order valence-corrected chi connectivity index (χ1v) is 8.07. The van der Waals surface area contributed by atoms with Gasteiger partial charge >= 0.3 is 9.28 Å². The molecule has 0 bridgehead atoms. The minimum Gasteiger partial charge on any atom is -0.422 e. The standard InChI is InChI=1S/C8H22O3Si2/c1-4-7-9-12-11-13(6-3)10-8-5-2/h13H,4-8,12H2,1-3H3. The number of rotatable bonds is 9. The van der Waals surface area contributed by atoms with Crippen LogP contribution in [0.1, 0.15) is 33.6 Å². The van der Waals surface area contributed by atoms with Gasteiger partial charge in [-0.05, 0) is 18.9 Å². The first kappa shape index (κ1) is 13.3. The van der Waals surface area contributed by atoms with Crippen molar-refractivity contribution in [3.05, 3.63) is 0 Å². The van der Waals surface area contributed by atoms with Gasteiger partial charge in [0.05, 0.1) is 0 Å². The van der Waals surface area contributed by atoms with E-state index in [0.29, 0.717) is 0 Å². The lowest BCUT2D eigenvalue weighted by Crippen LogP contribution is -2.25. The molecule has 0 aromatic rings. The van der Waals surface area contributed by atoms with Crippen molar-refractivity contribution in [3.63, 3.8) is 0 Å². The predicted molar refractivity (Wildman–Crippen MR) is 59.7 cm³/mol. The van der Waals surface area contributed by atoms with Gasteiger partial charge in [0.1, 0.15) is 0 Å². The van der Waals surface area contributed by atoms with E-state index in [2.05, 4.69) is 20.8 Å². The van der Waals surface area contributed by atoms with Crippen molar-refractivity contribution in [2.75, 3.05) is 13.2 Å². The molecule has 0 aliphatic rings. The van der Waals surface area contributed by atoms with Gasteiger partial charge in [0.2, 0.25) is 0 Å². The van der Waals surface area contributed by atoms with E-state index < -0.39 is 19.3 Å². The minimum atomic E-state index is -1.34. The van der Waals surface area contributed by atoms with E-state index in [9.17, 15) is 0 Å². The van der Waals surface area contributed by atoms with Crippen molar-refractivity contribution < 1.29 is 13.0 Å². The Labute approximate surface area is 85.7 Å². The zero-order chi connectivity index (χ0) is 9.94. The van der Waals surface area contributed by atoms with Crippen LogP contribution in [0.2, 0.25) is 6.04 Å². The Morgan fingerprint density at radius 1 is 1.08 bits per heavy atom. The Bertz CT molecular complexity index is 103. The molecule has 1 unspecified atom stereocenters. The molecule has 0 aromatic carbocycles. The van der Waals surface area contributed by atoms with E-state index in [0.717, 1.165) is 32.1 Å². The lowest BCUT2D eigenvalue weighted by atomic mass is 10.5. The molecule has 0 spiro atoms. The van der Waals surface area contributed by atoms with Gasteiger partial charge < -0.3 is 13.0 Å². The molecule has 1 atom stereocenters. The summed E-state index contributed by atoms with van der Waals surface area (Å²) in [5, 5.41) is 0. The summed E-state index contributed by atoms with van der Waals surface area (Å²) >= 11 is 0. The van der Waals surface area contributed by atoms with Gasteiger partial charge in [-0.25, -0.2) is 0 Å². The highest BCUT2D eigenvalue weighted by Gasteiger charge is 2.09. The van der Waals surface area contributed by atoms with Crippen molar-refractivity contribution >= 4 is 19.3 Å². The quantitative estimate of drug-likeness (QED) is 0.432. The molecule has 0 fully saturated rings. The second-order valence-electron chi connectivity index (χ2n) is 2.90. The minimum absolute atomic E-state index is 0.749. The molecule has 0 saturated carbocycles. The van der Waals surface area contributed by atoms with Crippen LogP contribution in [0.25, 0.3) is 0 Å². The van der Waals surface area contributed by atoms with Gasteiger partial charge in [0.25, 0.3) is 10.0 Å². The number of hydrogen-bond donors (Lipinski definition) is 0. The fraction of sp³-hybridized carbons (Fsp3) is 1.00. The molecule has 0 amide bonds. The van der Waals surface area contributed by atoms with Gasteiger partial charge in [-0.1, -0.05) is 20.8 Å². The highest BCUT2D eigenvalue weighted by Crippen LogP contribution is 1.96. The smallest absolute Gasteiger partial charge is 0.311 e. The Morgan fingerprint density at radius 2 is 1.77 bits per heavy atom. The maximum Gasteiger partial charge on any atom is 0.311 e. The molecule has 0 N–H and O–H groups in total. The summed E-state index contributed by atoms with van der Waals surface area (Å²) in [6, 6.07) is 1.04. The molecule has 80 valence electrons. The van der Waals surface area contributed by atoms with Crippen LogP contribution < -0.4 is 0 Å². The van der Waals surface area contributed by atoms with Crippen molar-refractivity contribution in [1.82, 2.24) is 0 Å². The van der Waals surface area contributed by atoms with Crippen LogP contribution in [0.15, 0.2) is 0 Å². The largest absolute Gasteiger partial charge is 0.422 e. The summed E-state index contributed by atoms with van der Waals surface area (Å²) in [6.07, 6.45) is 2.15. The summed E-state index contributed by atoms with van der Waals surface area (Å²) in [7, 11) is -2.09. The zero-order valence-corrected chi connectivity index (χ0v) is 11.6. The average molecular weight is 222 g/mol. The third kappa shape index (κ3) is 8.64.